The molecule has 0 radical (unpaired) electrons. The predicted molar refractivity (Wildman–Crippen MR) is 117 cm³/mol. The third-order valence-corrected chi connectivity index (χ3v) is 8.11. The SMILES string of the molecule is CCCc1ccc(S(=O)(=O)N2CCN(CC(=O)N[C@H](C)c3cccs3)CC2)cc1. The molecule has 1 N–H and O–H groups in total. The van der Waals surface area contributed by atoms with Gasteiger partial charge in [-0.3, -0.25) is 9.69 Å². The molecule has 0 aliphatic carbocycles. The van der Waals surface area contributed by atoms with Crippen molar-refractivity contribution >= 4 is 27.3 Å². The van der Waals surface area contributed by atoms with Crippen molar-refractivity contribution < 1.29 is 13.2 Å². The molecule has 0 spiro atoms. The first kappa shape index (κ1) is 22.0. The summed E-state index contributed by atoms with van der Waals surface area (Å²) in [7, 11) is -3.49. The Bertz CT molecular complexity index is 888. The maximum Gasteiger partial charge on any atom is 0.243 e. The van der Waals surface area contributed by atoms with Crippen molar-refractivity contribution in [2.45, 2.75) is 37.6 Å². The van der Waals surface area contributed by atoms with E-state index in [1.165, 1.54) is 4.31 Å². The van der Waals surface area contributed by atoms with Gasteiger partial charge in [0.1, 0.15) is 0 Å². The Balaban J connectivity index is 1.51. The van der Waals surface area contributed by atoms with Gasteiger partial charge in [-0.15, -0.1) is 11.3 Å². The summed E-state index contributed by atoms with van der Waals surface area (Å²) in [6.07, 6.45) is 1.99. The second-order valence-electron chi connectivity index (χ2n) is 7.38. The van der Waals surface area contributed by atoms with Crippen LogP contribution in [0, 0.1) is 0 Å². The van der Waals surface area contributed by atoms with E-state index < -0.39 is 10.0 Å². The number of nitrogens with one attached hydrogen (secondary N) is 1. The Hall–Kier alpha value is -1.74. The van der Waals surface area contributed by atoms with E-state index in [1.54, 1.807) is 23.5 Å². The van der Waals surface area contributed by atoms with Crippen LogP contribution in [0.2, 0.25) is 0 Å². The van der Waals surface area contributed by atoms with Crippen LogP contribution >= 0.6 is 11.3 Å². The number of sulfonamides is 1. The van der Waals surface area contributed by atoms with Gasteiger partial charge in [0, 0.05) is 31.1 Å². The second kappa shape index (κ2) is 9.84. The lowest BCUT2D eigenvalue weighted by molar-refractivity contribution is -0.123. The number of amides is 1. The number of aryl methyl sites for hydroxylation is 1. The van der Waals surface area contributed by atoms with Crippen LogP contribution in [0.3, 0.4) is 0 Å². The number of rotatable bonds is 8. The van der Waals surface area contributed by atoms with E-state index in [1.807, 2.05) is 41.5 Å². The maximum absolute atomic E-state index is 12.9. The van der Waals surface area contributed by atoms with E-state index in [2.05, 4.69) is 12.2 Å². The molecule has 1 fully saturated rings. The van der Waals surface area contributed by atoms with Crippen LogP contribution in [-0.4, -0.2) is 56.3 Å². The van der Waals surface area contributed by atoms with Gasteiger partial charge in [0.15, 0.2) is 0 Å². The normalized spacial score (nSPS) is 17.2. The molecule has 29 heavy (non-hydrogen) atoms. The molecule has 2 aromatic rings. The van der Waals surface area contributed by atoms with Crippen molar-refractivity contribution in [2.75, 3.05) is 32.7 Å². The summed E-state index contributed by atoms with van der Waals surface area (Å²) in [5.41, 5.74) is 1.15. The van der Waals surface area contributed by atoms with E-state index in [0.717, 1.165) is 23.3 Å². The molecular formula is C21H29N3O3S2. The molecule has 2 heterocycles. The molecule has 0 bridgehead atoms. The number of nitrogens with zero attached hydrogens (tertiary/aromatic N) is 2. The quantitative estimate of drug-likeness (QED) is 0.692. The summed E-state index contributed by atoms with van der Waals surface area (Å²) in [5.74, 6) is -0.0336. The second-order valence-corrected chi connectivity index (χ2v) is 10.3. The first-order chi connectivity index (χ1) is 13.9. The average molecular weight is 436 g/mol. The standard InChI is InChI=1S/C21H29N3O3S2/c1-3-5-18-7-9-19(10-8-18)29(26,27)24-13-11-23(12-14-24)16-21(25)22-17(2)20-6-4-15-28-20/h4,6-10,15,17H,3,5,11-14,16H2,1-2H3,(H,22,25)/t17-/m1/s1. The van der Waals surface area contributed by atoms with E-state index >= 15 is 0 Å². The van der Waals surface area contributed by atoms with Crippen LogP contribution in [0.4, 0.5) is 0 Å². The van der Waals surface area contributed by atoms with Gasteiger partial charge < -0.3 is 5.32 Å². The molecule has 8 heteroatoms. The maximum atomic E-state index is 12.9. The molecule has 1 aliphatic heterocycles. The van der Waals surface area contributed by atoms with Crippen molar-refractivity contribution in [3.05, 3.63) is 52.2 Å². The predicted octanol–water partition coefficient (Wildman–Crippen LogP) is 2.88. The molecule has 6 nitrogen and oxygen atoms in total. The van der Waals surface area contributed by atoms with Gasteiger partial charge in [-0.2, -0.15) is 4.31 Å². The van der Waals surface area contributed by atoms with Crippen molar-refractivity contribution in [3.8, 4) is 0 Å². The van der Waals surface area contributed by atoms with E-state index in [-0.39, 0.29) is 18.5 Å². The smallest absolute Gasteiger partial charge is 0.243 e. The molecule has 1 amide bonds. The van der Waals surface area contributed by atoms with Crippen LogP contribution in [-0.2, 0) is 21.2 Å². The Labute approximate surface area is 177 Å². The van der Waals surface area contributed by atoms with E-state index in [0.29, 0.717) is 31.1 Å². The number of carbonyl (C=O) groups excluding carboxylic acids is 1. The summed E-state index contributed by atoms with van der Waals surface area (Å²) >= 11 is 1.62. The van der Waals surface area contributed by atoms with Gasteiger partial charge in [0.2, 0.25) is 15.9 Å². The number of benzene rings is 1. The highest BCUT2D eigenvalue weighted by molar-refractivity contribution is 7.89. The fourth-order valence-corrected chi connectivity index (χ4v) is 5.65. The highest BCUT2D eigenvalue weighted by Gasteiger charge is 2.29. The molecular weight excluding hydrogens is 406 g/mol. The van der Waals surface area contributed by atoms with Gasteiger partial charge in [0.25, 0.3) is 0 Å². The fraction of sp³-hybridized carbons (Fsp3) is 0.476. The summed E-state index contributed by atoms with van der Waals surface area (Å²) < 4.78 is 27.3. The first-order valence-electron chi connectivity index (χ1n) is 10.0. The highest BCUT2D eigenvalue weighted by Crippen LogP contribution is 2.20. The molecule has 1 aliphatic rings. The van der Waals surface area contributed by atoms with Gasteiger partial charge in [0.05, 0.1) is 17.5 Å². The summed E-state index contributed by atoms with van der Waals surface area (Å²) in [6.45, 7) is 6.25. The minimum Gasteiger partial charge on any atom is -0.348 e. The molecule has 1 aromatic heterocycles. The Kier molecular flexibility index (Phi) is 7.45. The van der Waals surface area contributed by atoms with Crippen molar-refractivity contribution in [2.24, 2.45) is 0 Å². The number of hydrogen-bond donors (Lipinski definition) is 1. The zero-order valence-electron chi connectivity index (χ0n) is 17.0. The summed E-state index contributed by atoms with van der Waals surface area (Å²) in [4.78, 5) is 15.8. The topological polar surface area (TPSA) is 69.7 Å². The number of piperazine rings is 1. The molecule has 1 aromatic carbocycles. The lowest BCUT2D eigenvalue weighted by Crippen LogP contribution is -2.51. The van der Waals surface area contributed by atoms with Crippen LogP contribution in [0.5, 0.6) is 0 Å². The monoisotopic (exact) mass is 435 g/mol. The Morgan fingerprint density at radius 2 is 1.83 bits per heavy atom. The van der Waals surface area contributed by atoms with Gasteiger partial charge >= 0.3 is 0 Å². The van der Waals surface area contributed by atoms with Crippen LogP contribution in [0.15, 0.2) is 46.7 Å². The van der Waals surface area contributed by atoms with Crippen molar-refractivity contribution in [3.63, 3.8) is 0 Å². The van der Waals surface area contributed by atoms with E-state index in [9.17, 15) is 13.2 Å². The largest absolute Gasteiger partial charge is 0.348 e. The number of carbonyl (C=O) groups is 1. The van der Waals surface area contributed by atoms with Crippen molar-refractivity contribution in [1.82, 2.24) is 14.5 Å². The van der Waals surface area contributed by atoms with Crippen LogP contribution < -0.4 is 5.32 Å². The summed E-state index contributed by atoms with van der Waals surface area (Å²) in [6, 6.07) is 11.2. The lowest BCUT2D eigenvalue weighted by atomic mass is 10.1. The van der Waals surface area contributed by atoms with E-state index in [4.69, 9.17) is 0 Å². The first-order valence-corrected chi connectivity index (χ1v) is 12.4. The minimum absolute atomic E-state index is 0.0140. The number of thiophene rings is 1. The van der Waals surface area contributed by atoms with Crippen LogP contribution in [0.1, 0.15) is 36.8 Å². The van der Waals surface area contributed by atoms with Crippen LogP contribution in [0.25, 0.3) is 0 Å². The highest BCUT2D eigenvalue weighted by atomic mass is 32.2. The molecule has 0 saturated carbocycles. The third kappa shape index (κ3) is 5.66. The molecule has 1 atom stereocenters. The lowest BCUT2D eigenvalue weighted by Gasteiger charge is -2.33. The average Bonchev–Trinajstić information content (AvgIpc) is 3.24. The zero-order valence-corrected chi connectivity index (χ0v) is 18.6. The van der Waals surface area contributed by atoms with Crippen molar-refractivity contribution in [1.29, 1.82) is 0 Å². The fourth-order valence-electron chi connectivity index (χ4n) is 3.49. The van der Waals surface area contributed by atoms with Gasteiger partial charge in [-0.05, 0) is 42.5 Å². The van der Waals surface area contributed by atoms with Gasteiger partial charge in [-0.1, -0.05) is 31.5 Å². The molecule has 158 valence electrons. The molecule has 0 unspecified atom stereocenters. The molecule has 3 rings (SSSR count). The Morgan fingerprint density at radius 3 is 2.41 bits per heavy atom. The minimum atomic E-state index is -3.49. The third-order valence-electron chi connectivity index (χ3n) is 5.15. The summed E-state index contributed by atoms with van der Waals surface area (Å²) in [5, 5.41) is 5.01. The van der Waals surface area contributed by atoms with Gasteiger partial charge in [-0.25, -0.2) is 8.42 Å². The zero-order chi connectivity index (χ0) is 20.9. The molecule has 1 saturated heterocycles. The number of hydrogen-bond acceptors (Lipinski definition) is 5. The Morgan fingerprint density at radius 1 is 1.14 bits per heavy atom.